The number of amides is 1. The van der Waals surface area contributed by atoms with E-state index in [1.54, 1.807) is 24.3 Å². The van der Waals surface area contributed by atoms with E-state index in [-0.39, 0.29) is 17.3 Å². The topological polar surface area (TPSA) is 79.6 Å². The van der Waals surface area contributed by atoms with E-state index in [9.17, 15) is 13.2 Å². The number of nitrogens with zero attached hydrogens (tertiary/aromatic N) is 1. The van der Waals surface area contributed by atoms with Gasteiger partial charge in [-0.15, -0.1) is 0 Å². The fraction of sp³-hybridized carbons (Fsp3) is 0.450. The molecule has 3 rings (SSSR count). The van der Waals surface area contributed by atoms with Crippen LogP contribution in [0.25, 0.3) is 0 Å². The van der Waals surface area contributed by atoms with Crippen LogP contribution in [0.2, 0.25) is 0 Å². The standard InChI is InChI=1S/C20H26N2O4S/c1-3-15(2)16-8-10-18(11-9-16)27(24,25)22-12-4-7-19(22)20(23)21-14-17-6-5-13-26-17/h5-6,8-11,13,15,19H,3-4,7,12,14H2,1-2H3,(H,21,23). The zero-order valence-electron chi connectivity index (χ0n) is 15.7. The zero-order chi connectivity index (χ0) is 19.4. The van der Waals surface area contributed by atoms with Crippen molar-refractivity contribution in [3.8, 4) is 0 Å². The third kappa shape index (κ3) is 4.25. The largest absolute Gasteiger partial charge is 0.467 e. The number of rotatable bonds is 7. The highest BCUT2D eigenvalue weighted by molar-refractivity contribution is 7.89. The SMILES string of the molecule is CCC(C)c1ccc(S(=O)(=O)N2CCCC2C(=O)NCc2ccco2)cc1. The second-order valence-electron chi connectivity index (χ2n) is 6.95. The lowest BCUT2D eigenvalue weighted by Crippen LogP contribution is -2.45. The molecule has 0 aliphatic carbocycles. The fourth-order valence-corrected chi connectivity index (χ4v) is 4.99. The van der Waals surface area contributed by atoms with Gasteiger partial charge in [0.2, 0.25) is 15.9 Å². The van der Waals surface area contributed by atoms with Crippen molar-refractivity contribution in [1.82, 2.24) is 9.62 Å². The monoisotopic (exact) mass is 390 g/mol. The van der Waals surface area contributed by atoms with Crippen molar-refractivity contribution < 1.29 is 17.6 Å². The zero-order valence-corrected chi connectivity index (χ0v) is 16.5. The molecule has 1 aromatic heterocycles. The average molecular weight is 391 g/mol. The molecule has 1 saturated heterocycles. The molecule has 27 heavy (non-hydrogen) atoms. The molecule has 2 atom stereocenters. The van der Waals surface area contributed by atoms with Crippen molar-refractivity contribution in [2.75, 3.05) is 6.54 Å². The summed E-state index contributed by atoms with van der Waals surface area (Å²) in [6, 6.07) is 9.85. The van der Waals surface area contributed by atoms with Crippen molar-refractivity contribution >= 4 is 15.9 Å². The van der Waals surface area contributed by atoms with Crippen LogP contribution in [0.4, 0.5) is 0 Å². The molecule has 0 saturated carbocycles. The predicted octanol–water partition coefficient (Wildman–Crippen LogP) is 3.26. The molecule has 1 aliphatic heterocycles. The Labute approximate surface area is 160 Å². The Morgan fingerprint density at radius 3 is 2.67 bits per heavy atom. The highest BCUT2D eigenvalue weighted by atomic mass is 32.2. The smallest absolute Gasteiger partial charge is 0.243 e. The number of carbonyl (C=O) groups is 1. The molecule has 1 aliphatic rings. The molecule has 0 spiro atoms. The summed E-state index contributed by atoms with van der Waals surface area (Å²) in [6.45, 7) is 4.82. The van der Waals surface area contributed by atoms with Gasteiger partial charge in [-0.3, -0.25) is 4.79 Å². The van der Waals surface area contributed by atoms with E-state index in [1.165, 1.54) is 10.6 Å². The maximum atomic E-state index is 13.1. The van der Waals surface area contributed by atoms with Crippen LogP contribution in [0.5, 0.6) is 0 Å². The normalized spacial score (nSPS) is 19.1. The summed E-state index contributed by atoms with van der Waals surface area (Å²) in [4.78, 5) is 12.8. The summed E-state index contributed by atoms with van der Waals surface area (Å²) in [5.41, 5.74) is 1.12. The average Bonchev–Trinajstić information content (AvgIpc) is 3.37. The first kappa shape index (κ1) is 19.6. The highest BCUT2D eigenvalue weighted by Gasteiger charge is 2.39. The molecule has 1 aromatic carbocycles. The lowest BCUT2D eigenvalue weighted by Gasteiger charge is -2.23. The minimum Gasteiger partial charge on any atom is -0.467 e. The van der Waals surface area contributed by atoms with Crippen LogP contribution in [0.15, 0.2) is 52.0 Å². The van der Waals surface area contributed by atoms with Crippen LogP contribution in [-0.2, 0) is 21.4 Å². The molecule has 1 N–H and O–H groups in total. The molecule has 0 radical (unpaired) electrons. The number of carbonyl (C=O) groups excluding carboxylic acids is 1. The van der Waals surface area contributed by atoms with Crippen LogP contribution < -0.4 is 5.32 Å². The van der Waals surface area contributed by atoms with Gasteiger partial charge in [-0.05, 0) is 55.0 Å². The molecule has 7 heteroatoms. The van der Waals surface area contributed by atoms with Crippen LogP contribution in [-0.4, -0.2) is 31.2 Å². The van der Waals surface area contributed by atoms with E-state index < -0.39 is 16.1 Å². The Morgan fingerprint density at radius 2 is 2.04 bits per heavy atom. The van der Waals surface area contributed by atoms with E-state index in [4.69, 9.17) is 4.42 Å². The molecule has 0 bridgehead atoms. The van der Waals surface area contributed by atoms with Crippen LogP contribution in [0, 0.1) is 0 Å². The predicted molar refractivity (Wildman–Crippen MR) is 103 cm³/mol. The first-order valence-electron chi connectivity index (χ1n) is 9.35. The number of hydrogen-bond acceptors (Lipinski definition) is 4. The quantitative estimate of drug-likeness (QED) is 0.787. The second-order valence-corrected chi connectivity index (χ2v) is 8.84. The van der Waals surface area contributed by atoms with E-state index in [2.05, 4.69) is 19.2 Å². The third-order valence-electron chi connectivity index (χ3n) is 5.19. The maximum Gasteiger partial charge on any atom is 0.243 e. The summed E-state index contributed by atoms with van der Waals surface area (Å²) in [7, 11) is -3.71. The van der Waals surface area contributed by atoms with Gasteiger partial charge in [-0.1, -0.05) is 26.0 Å². The molecule has 146 valence electrons. The number of nitrogens with one attached hydrogen (secondary N) is 1. The van der Waals surface area contributed by atoms with Gasteiger partial charge in [0.05, 0.1) is 17.7 Å². The van der Waals surface area contributed by atoms with Crippen molar-refractivity contribution in [1.29, 1.82) is 0 Å². The van der Waals surface area contributed by atoms with E-state index in [1.807, 2.05) is 12.1 Å². The molecular formula is C20H26N2O4S. The molecule has 1 fully saturated rings. The number of hydrogen-bond donors (Lipinski definition) is 1. The minimum atomic E-state index is -3.71. The van der Waals surface area contributed by atoms with Gasteiger partial charge >= 0.3 is 0 Å². The number of benzene rings is 1. The van der Waals surface area contributed by atoms with Gasteiger partial charge in [0.25, 0.3) is 0 Å². The summed E-state index contributed by atoms with van der Waals surface area (Å²) >= 11 is 0. The Kier molecular flexibility index (Phi) is 6.01. The van der Waals surface area contributed by atoms with Crippen molar-refractivity contribution in [2.45, 2.75) is 56.5 Å². The molecule has 2 aromatic rings. The second kappa shape index (κ2) is 8.27. The Morgan fingerprint density at radius 1 is 1.30 bits per heavy atom. The Bertz CT molecular complexity index is 860. The number of furan rings is 1. The van der Waals surface area contributed by atoms with Crippen molar-refractivity contribution in [3.63, 3.8) is 0 Å². The summed E-state index contributed by atoms with van der Waals surface area (Å²) < 4.78 is 32.6. The van der Waals surface area contributed by atoms with E-state index in [0.29, 0.717) is 31.1 Å². The van der Waals surface area contributed by atoms with Crippen LogP contribution >= 0.6 is 0 Å². The lowest BCUT2D eigenvalue weighted by molar-refractivity contribution is -0.124. The van der Waals surface area contributed by atoms with Gasteiger partial charge in [0.1, 0.15) is 11.8 Å². The minimum absolute atomic E-state index is 0.236. The third-order valence-corrected chi connectivity index (χ3v) is 7.11. The summed E-state index contributed by atoms with van der Waals surface area (Å²) in [5, 5.41) is 2.77. The highest BCUT2D eigenvalue weighted by Crippen LogP contribution is 2.28. The van der Waals surface area contributed by atoms with Gasteiger partial charge in [-0.25, -0.2) is 8.42 Å². The van der Waals surface area contributed by atoms with Gasteiger partial charge < -0.3 is 9.73 Å². The molecule has 6 nitrogen and oxygen atoms in total. The molecule has 2 heterocycles. The maximum absolute atomic E-state index is 13.1. The molecule has 2 unspecified atom stereocenters. The van der Waals surface area contributed by atoms with Crippen LogP contribution in [0.3, 0.4) is 0 Å². The van der Waals surface area contributed by atoms with Gasteiger partial charge in [0, 0.05) is 6.54 Å². The van der Waals surface area contributed by atoms with Crippen molar-refractivity contribution in [2.24, 2.45) is 0 Å². The van der Waals surface area contributed by atoms with Gasteiger partial charge in [0.15, 0.2) is 0 Å². The number of sulfonamides is 1. The summed E-state index contributed by atoms with van der Waals surface area (Å²) in [6.07, 6.45) is 3.73. The van der Waals surface area contributed by atoms with Crippen molar-refractivity contribution in [3.05, 3.63) is 54.0 Å². The van der Waals surface area contributed by atoms with E-state index in [0.717, 1.165) is 12.0 Å². The Hall–Kier alpha value is -2.12. The van der Waals surface area contributed by atoms with Gasteiger partial charge in [-0.2, -0.15) is 4.31 Å². The molecular weight excluding hydrogens is 364 g/mol. The fourth-order valence-electron chi connectivity index (χ4n) is 3.33. The first-order valence-corrected chi connectivity index (χ1v) is 10.8. The lowest BCUT2D eigenvalue weighted by atomic mass is 9.99. The molecule has 1 amide bonds. The first-order chi connectivity index (χ1) is 12.9. The van der Waals surface area contributed by atoms with Crippen LogP contribution in [0.1, 0.15) is 50.4 Å². The van der Waals surface area contributed by atoms with E-state index >= 15 is 0 Å². The summed E-state index contributed by atoms with van der Waals surface area (Å²) in [5.74, 6) is 0.730. The Balaban J connectivity index is 1.73.